The fourth-order valence-corrected chi connectivity index (χ4v) is 2.40. The Morgan fingerprint density at radius 3 is 2.42 bits per heavy atom. The van der Waals surface area contributed by atoms with E-state index in [9.17, 15) is 0 Å². The quantitative estimate of drug-likeness (QED) is 0.786. The van der Waals surface area contributed by atoms with Crippen LogP contribution in [0.5, 0.6) is 0 Å². The molecule has 0 fully saturated rings. The van der Waals surface area contributed by atoms with Crippen LogP contribution in [0.4, 0.5) is 0 Å². The third-order valence-corrected chi connectivity index (χ3v) is 3.31. The number of hydrogen-bond donors (Lipinski definition) is 1. The minimum absolute atomic E-state index is 0.121. The van der Waals surface area contributed by atoms with Gasteiger partial charge in [-0.15, -0.1) is 0 Å². The average molecular weight is 269 g/mol. The molecule has 0 aliphatic heterocycles. The summed E-state index contributed by atoms with van der Waals surface area (Å²) in [5.74, 6) is 1.98. The number of hydrogen-bond acceptors (Lipinski definition) is 5. The predicted molar refractivity (Wildman–Crippen MR) is 75.1 cm³/mol. The first-order valence-electron chi connectivity index (χ1n) is 7.19. The molecular formula is C14H27N3O2. The van der Waals surface area contributed by atoms with Crippen molar-refractivity contribution in [1.29, 1.82) is 0 Å². The Balaban J connectivity index is 2.86. The lowest BCUT2D eigenvalue weighted by atomic mass is 9.89. The molecule has 0 aliphatic rings. The smallest absolute Gasteiger partial charge is 0.231 e. The summed E-state index contributed by atoms with van der Waals surface area (Å²) in [7, 11) is 0. The van der Waals surface area contributed by atoms with Gasteiger partial charge < -0.3 is 14.6 Å². The van der Waals surface area contributed by atoms with Crippen LogP contribution in [0.25, 0.3) is 0 Å². The first-order valence-corrected chi connectivity index (χ1v) is 7.19. The van der Waals surface area contributed by atoms with Crippen molar-refractivity contribution in [1.82, 2.24) is 15.5 Å². The van der Waals surface area contributed by atoms with Crippen molar-refractivity contribution in [2.24, 2.45) is 5.92 Å². The fourth-order valence-electron chi connectivity index (χ4n) is 2.40. The first-order chi connectivity index (χ1) is 9.01. The maximum Gasteiger partial charge on any atom is 0.231 e. The summed E-state index contributed by atoms with van der Waals surface area (Å²) in [6.07, 6.45) is -0.121. The molecule has 1 N–H and O–H groups in total. The number of nitrogens with one attached hydrogen (secondary N) is 1. The van der Waals surface area contributed by atoms with Crippen LogP contribution in [-0.4, -0.2) is 29.3 Å². The minimum Gasteiger partial charge on any atom is -0.371 e. The Labute approximate surface area is 116 Å². The van der Waals surface area contributed by atoms with Crippen molar-refractivity contribution in [3.63, 3.8) is 0 Å². The van der Waals surface area contributed by atoms with Crippen molar-refractivity contribution >= 4 is 0 Å². The molecule has 5 heteroatoms. The summed E-state index contributed by atoms with van der Waals surface area (Å²) in [6.45, 7) is 14.1. The summed E-state index contributed by atoms with van der Waals surface area (Å²) in [4.78, 5) is 4.51. The maximum absolute atomic E-state index is 5.49. The van der Waals surface area contributed by atoms with E-state index >= 15 is 0 Å². The van der Waals surface area contributed by atoms with E-state index in [1.807, 2.05) is 13.8 Å². The van der Waals surface area contributed by atoms with E-state index in [1.165, 1.54) is 0 Å². The van der Waals surface area contributed by atoms with Crippen LogP contribution in [0.15, 0.2) is 4.52 Å². The third-order valence-electron chi connectivity index (χ3n) is 3.31. The molecule has 0 spiro atoms. The van der Waals surface area contributed by atoms with E-state index in [2.05, 4.69) is 43.2 Å². The Hall–Kier alpha value is -0.940. The highest BCUT2D eigenvalue weighted by Crippen LogP contribution is 2.27. The molecule has 1 rings (SSSR count). The number of likely N-dealkylation sites (N-methyl/N-ethyl adjacent to an activating group) is 1. The van der Waals surface area contributed by atoms with Gasteiger partial charge in [0.2, 0.25) is 5.89 Å². The van der Waals surface area contributed by atoms with Crippen LogP contribution in [0.3, 0.4) is 0 Å². The highest BCUT2D eigenvalue weighted by atomic mass is 16.5. The summed E-state index contributed by atoms with van der Waals surface area (Å²) < 4.78 is 10.9. The molecule has 0 saturated heterocycles. The molecule has 0 radical (unpaired) electrons. The van der Waals surface area contributed by atoms with Gasteiger partial charge in [0.1, 0.15) is 6.10 Å². The number of rotatable bonds is 8. The van der Waals surface area contributed by atoms with Crippen molar-refractivity contribution in [3.05, 3.63) is 11.7 Å². The van der Waals surface area contributed by atoms with E-state index < -0.39 is 0 Å². The van der Waals surface area contributed by atoms with Gasteiger partial charge in [-0.05, 0) is 33.2 Å². The lowest BCUT2D eigenvalue weighted by Crippen LogP contribution is -2.34. The van der Waals surface area contributed by atoms with Gasteiger partial charge in [-0.25, -0.2) is 0 Å². The van der Waals surface area contributed by atoms with E-state index in [0.29, 0.717) is 30.3 Å². The van der Waals surface area contributed by atoms with E-state index in [1.54, 1.807) is 0 Å². The third kappa shape index (κ3) is 4.28. The van der Waals surface area contributed by atoms with E-state index in [0.717, 1.165) is 6.54 Å². The Morgan fingerprint density at radius 2 is 1.89 bits per heavy atom. The molecule has 0 saturated carbocycles. The molecule has 19 heavy (non-hydrogen) atoms. The van der Waals surface area contributed by atoms with Gasteiger partial charge in [-0.1, -0.05) is 25.9 Å². The highest BCUT2D eigenvalue weighted by Gasteiger charge is 2.28. The molecule has 3 atom stereocenters. The second kappa shape index (κ2) is 7.60. The largest absolute Gasteiger partial charge is 0.371 e. The van der Waals surface area contributed by atoms with Gasteiger partial charge in [0.15, 0.2) is 5.82 Å². The van der Waals surface area contributed by atoms with Crippen molar-refractivity contribution < 1.29 is 9.26 Å². The van der Waals surface area contributed by atoms with Crippen LogP contribution in [0.1, 0.15) is 65.3 Å². The summed E-state index contributed by atoms with van der Waals surface area (Å²) in [5, 5.41) is 7.47. The van der Waals surface area contributed by atoms with Gasteiger partial charge >= 0.3 is 0 Å². The number of nitrogens with zero attached hydrogens (tertiary/aromatic N) is 2. The Morgan fingerprint density at radius 1 is 1.21 bits per heavy atom. The summed E-state index contributed by atoms with van der Waals surface area (Å²) in [5.41, 5.74) is 0. The second-order valence-electron chi connectivity index (χ2n) is 5.20. The van der Waals surface area contributed by atoms with Gasteiger partial charge in [0.25, 0.3) is 0 Å². The minimum atomic E-state index is -0.121. The van der Waals surface area contributed by atoms with Gasteiger partial charge in [0.05, 0.1) is 5.92 Å². The second-order valence-corrected chi connectivity index (χ2v) is 5.20. The summed E-state index contributed by atoms with van der Waals surface area (Å²) in [6, 6.07) is 0.306. The normalized spacial score (nSPS) is 16.6. The molecule has 0 amide bonds. The number of aromatic nitrogens is 2. The zero-order valence-electron chi connectivity index (χ0n) is 12.9. The van der Waals surface area contributed by atoms with Gasteiger partial charge in [-0.3, -0.25) is 0 Å². The van der Waals surface area contributed by atoms with Gasteiger partial charge in [0, 0.05) is 12.6 Å². The van der Waals surface area contributed by atoms with Crippen molar-refractivity contribution in [2.75, 3.05) is 13.2 Å². The zero-order valence-corrected chi connectivity index (χ0v) is 12.9. The SMILES string of the molecule is CCNC(C)C(c1nc(C(C)OCC)no1)C(C)C. The van der Waals surface area contributed by atoms with Crippen molar-refractivity contribution in [2.45, 2.75) is 59.6 Å². The molecule has 0 aliphatic carbocycles. The Kier molecular flexibility index (Phi) is 6.45. The monoisotopic (exact) mass is 269 g/mol. The molecule has 110 valence electrons. The number of ether oxygens (including phenoxy) is 1. The van der Waals surface area contributed by atoms with E-state index in [-0.39, 0.29) is 12.0 Å². The average Bonchev–Trinajstić information content (AvgIpc) is 2.78. The molecule has 5 nitrogen and oxygen atoms in total. The standard InChI is InChI=1S/C14H27N3O2/c1-7-15-10(5)12(9(3)4)14-16-13(17-19-14)11(6)18-8-2/h9-12,15H,7-8H2,1-6H3. The Bertz CT molecular complexity index is 365. The highest BCUT2D eigenvalue weighted by molar-refractivity contribution is 5.01. The zero-order chi connectivity index (χ0) is 14.4. The maximum atomic E-state index is 5.49. The molecular weight excluding hydrogens is 242 g/mol. The van der Waals surface area contributed by atoms with Crippen LogP contribution in [0.2, 0.25) is 0 Å². The fraction of sp³-hybridized carbons (Fsp3) is 0.857. The van der Waals surface area contributed by atoms with Crippen molar-refractivity contribution in [3.8, 4) is 0 Å². The molecule has 1 aromatic rings. The molecule has 1 aromatic heterocycles. The predicted octanol–water partition coefficient (Wildman–Crippen LogP) is 2.90. The van der Waals surface area contributed by atoms with Crippen LogP contribution >= 0.6 is 0 Å². The topological polar surface area (TPSA) is 60.2 Å². The van der Waals surface area contributed by atoms with Gasteiger partial charge in [-0.2, -0.15) is 4.98 Å². The molecule has 0 aromatic carbocycles. The molecule has 0 bridgehead atoms. The van der Waals surface area contributed by atoms with Crippen LogP contribution in [0, 0.1) is 5.92 Å². The van der Waals surface area contributed by atoms with E-state index in [4.69, 9.17) is 9.26 Å². The summed E-state index contributed by atoms with van der Waals surface area (Å²) >= 11 is 0. The van der Waals surface area contributed by atoms with Crippen LogP contribution < -0.4 is 5.32 Å². The molecule has 1 heterocycles. The molecule has 3 unspecified atom stereocenters. The lowest BCUT2D eigenvalue weighted by Gasteiger charge is -2.24. The first kappa shape index (κ1) is 16.1. The van der Waals surface area contributed by atoms with Crippen LogP contribution in [-0.2, 0) is 4.74 Å². The lowest BCUT2D eigenvalue weighted by molar-refractivity contribution is 0.0683.